The van der Waals surface area contributed by atoms with Gasteiger partial charge in [-0.1, -0.05) is 48.2 Å². The number of aromatic nitrogens is 1. The Morgan fingerprint density at radius 1 is 1.22 bits per heavy atom. The highest BCUT2D eigenvalue weighted by Crippen LogP contribution is 2.33. The molecular weight excluding hydrogens is 380 g/mol. The molecule has 0 spiro atoms. The van der Waals surface area contributed by atoms with E-state index in [1.807, 2.05) is 60.8 Å². The van der Waals surface area contributed by atoms with Crippen molar-refractivity contribution in [2.75, 3.05) is 6.79 Å². The van der Waals surface area contributed by atoms with Crippen LogP contribution in [-0.2, 0) is 11.3 Å². The van der Waals surface area contributed by atoms with Crippen molar-refractivity contribution in [2.24, 2.45) is 0 Å². The standard InChI is InChI=1S/C20H18N2O3S2/c1-13(27-20-22-16(11-26-20)15-5-3-2-4-6-15)19(23)21-10-14-7-8-17-18(9-14)25-12-24-17/h2-9,11,13H,10,12H2,1H3,(H,21,23)/t13-/m1/s1. The van der Waals surface area contributed by atoms with Crippen LogP contribution in [0.4, 0.5) is 0 Å². The molecule has 27 heavy (non-hydrogen) atoms. The molecule has 2 heterocycles. The van der Waals surface area contributed by atoms with E-state index >= 15 is 0 Å². The quantitative estimate of drug-likeness (QED) is 0.626. The van der Waals surface area contributed by atoms with Crippen LogP contribution in [0.25, 0.3) is 11.3 Å². The summed E-state index contributed by atoms with van der Waals surface area (Å²) in [6.07, 6.45) is 0. The maximum atomic E-state index is 12.4. The third-order valence-electron chi connectivity index (χ3n) is 4.10. The minimum atomic E-state index is -0.228. The Balaban J connectivity index is 1.32. The molecule has 5 nitrogen and oxygen atoms in total. The van der Waals surface area contributed by atoms with Gasteiger partial charge in [0, 0.05) is 17.5 Å². The number of fused-ring (bicyclic) bond motifs is 1. The fraction of sp³-hybridized carbons (Fsp3) is 0.200. The first-order chi connectivity index (χ1) is 13.2. The number of thioether (sulfide) groups is 1. The molecule has 0 saturated heterocycles. The third kappa shape index (κ3) is 4.26. The molecule has 1 atom stereocenters. The number of nitrogens with one attached hydrogen (secondary N) is 1. The van der Waals surface area contributed by atoms with Crippen molar-refractivity contribution in [2.45, 2.75) is 23.1 Å². The summed E-state index contributed by atoms with van der Waals surface area (Å²) >= 11 is 3.03. The molecule has 0 aliphatic carbocycles. The highest BCUT2D eigenvalue weighted by atomic mass is 32.2. The van der Waals surface area contributed by atoms with Gasteiger partial charge in [-0.25, -0.2) is 4.98 Å². The molecule has 0 fully saturated rings. The molecule has 1 amide bonds. The second-order valence-corrected chi connectivity index (χ2v) is 8.48. The van der Waals surface area contributed by atoms with E-state index in [2.05, 4.69) is 10.3 Å². The van der Waals surface area contributed by atoms with Gasteiger partial charge in [0.1, 0.15) is 0 Å². The molecule has 1 aliphatic heterocycles. The van der Waals surface area contributed by atoms with Crippen LogP contribution in [0, 0.1) is 0 Å². The number of thiazole rings is 1. The van der Waals surface area contributed by atoms with Crippen LogP contribution in [-0.4, -0.2) is 22.9 Å². The number of rotatable bonds is 6. The zero-order valence-electron chi connectivity index (χ0n) is 14.7. The summed E-state index contributed by atoms with van der Waals surface area (Å²) in [6.45, 7) is 2.59. The molecule has 2 aromatic carbocycles. The van der Waals surface area contributed by atoms with E-state index < -0.39 is 0 Å². The average molecular weight is 399 g/mol. The largest absolute Gasteiger partial charge is 0.454 e. The number of carbonyl (C=O) groups excluding carboxylic acids is 1. The lowest BCUT2D eigenvalue weighted by molar-refractivity contribution is -0.120. The average Bonchev–Trinajstić information content (AvgIpc) is 3.35. The number of benzene rings is 2. The molecule has 1 aromatic heterocycles. The Kier molecular flexibility index (Phi) is 5.31. The minimum Gasteiger partial charge on any atom is -0.454 e. The third-order valence-corrected chi connectivity index (χ3v) is 6.18. The zero-order chi connectivity index (χ0) is 18.6. The van der Waals surface area contributed by atoms with Crippen LogP contribution in [0.2, 0.25) is 0 Å². The monoisotopic (exact) mass is 398 g/mol. The van der Waals surface area contributed by atoms with Crippen LogP contribution in [0.5, 0.6) is 11.5 Å². The Morgan fingerprint density at radius 2 is 2.04 bits per heavy atom. The summed E-state index contributed by atoms with van der Waals surface area (Å²) in [7, 11) is 0. The number of ether oxygens (including phenoxy) is 2. The molecule has 1 N–H and O–H groups in total. The highest BCUT2D eigenvalue weighted by Gasteiger charge is 2.18. The normalized spacial score (nSPS) is 13.4. The van der Waals surface area contributed by atoms with Crippen LogP contribution in [0.15, 0.2) is 58.3 Å². The predicted molar refractivity (Wildman–Crippen MR) is 107 cm³/mol. The van der Waals surface area contributed by atoms with Gasteiger partial charge < -0.3 is 14.8 Å². The Morgan fingerprint density at radius 3 is 2.89 bits per heavy atom. The van der Waals surface area contributed by atoms with Crippen molar-refractivity contribution in [3.63, 3.8) is 0 Å². The maximum absolute atomic E-state index is 12.4. The predicted octanol–water partition coefficient (Wildman–Crippen LogP) is 4.34. The first-order valence-electron chi connectivity index (χ1n) is 8.53. The van der Waals surface area contributed by atoms with E-state index in [-0.39, 0.29) is 18.0 Å². The molecule has 1 aliphatic rings. The minimum absolute atomic E-state index is 0.0193. The number of amides is 1. The van der Waals surface area contributed by atoms with Crippen molar-refractivity contribution in [3.8, 4) is 22.8 Å². The summed E-state index contributed by atoms with van der Waals surface area (Å²) in [6, 6.07) is 15.7. The SMILES string of the molecule is C[C@@H](Sc1nc(-c2ccccc2)cs1)C(=O)NCc1ccc2c(c1)OCO2. The zero-order valence-corrected chi connectivity index (χ0v) is 16.3. The van der Waals surface area contributed by atoms with Gasteiger partial charge in [0.05, 0.1) is 10.9 Å². The van der Waals surface area contributed by atoms with E-state index in [4.69, 9.17) is 9.47 Å². The van der Waals surface area contributed by atoms with Crippen molar-refractivity contribution in [1.29, 1.82) is 0 Å². The number of hydrogen-bond acceptors (Lipinski definition) is 6. The van der Waals surface area contributed by atoms with Crippen LogP contribution in [0.1, 0.15) is 12.5 Å². The summed E-state index contributed by atoms with van der Waals surface area (Å²) in [5.41, 5.74) is 3.00. The highest BCUT2D eigenvalue weighted by molar-refractivity contribution is 8.02. The Hall–Kier alpha value is -2.51. The smallest absolute Gasteiger partial charge is 0.233 e. The summed E-state index contributed by atoms with van der Waals surface area (Å²) in [5, 5.41) is 4.76. The van der Waals surface area contributed by atoms with Gasteiger partial charge in [0.15, 0.2) is 15.8 Å². The number of hydrogen-bond donors (Lipinski definition) is 1. The Labute approximate surface area is 165 Å². The lowest BCUT2D eigenvalue weighted by Crippen LogP contribution is -2.30. The lowest BCUT2D eigenvalue weighted by atomic mass is 10.2. The van der Waals surface area contributed by atoms with Crippen molar-refractivity contribution < 1.29 is 14.3 Å². The van der Waals surface area contributed by atoms with E-state index in [1.165, 1.54) is 11.8 Å². The topological polar surface area (TPSA) is 60.5 Å². The molecule has 0 saturated carbocycles. The second kappa shape index (κ2) is 8.02. The van der Waals surface area contributed by atoms with Gasteiger partial charge in [0.25, 0.3) is 0 Å². The first kappa shape index (κ1) is 17.9. The molecule has 0 radical (unpaired) electrons. The van der Waals surface area contributed by atoms with Crippen LogP contribution < -0.4 is 14.8 Å². The number of carbonyl (C=O) groups is 1. The fourth-order valence-corrected chi connectivity index (χ4v) is 4.64. The van der Waals surface area contributed by atoms with Gasteiger partial charge in [-0.2, -0.15) is 0 Å². The molecule has 138 valence electrons. The maximum Gasteiger partial charge on any atom is 0.233 e. The summed E-state index contributed by atoms with van der Waals surface area (Å²) in [5.74, 6) is 1.45. The number of nitrogens with zero attached hydrogens (tertiary/aromatic N) is 1. The first-order valence-corrected chi connectivity index (χ1v) is 10.3. The van der Waals surface area contributed by atoms with Crippen molar-refractivity contribution >= 4 is 29.0 Å². The molecule has 4 rings (SSSR count). The molecule has 0 unspecified atom stereocenters. The van der Waals surface area contributed by atoms with Crippen molar-refractivity contribution in [3.05, 3.63) is 59.5 Å². The van der Waals surface area contributed by atoms with E-state index in [0.29, 0.717) is 6.54 Å². The van der Waals surface area contributed by atoms with Crippen LogP contribution in [0.3, 0.4) is 0 Å². The molecule has 0 bridgehead atoms. The molecular formula is C20H18N2O3S2. The Bertz CT molecular complexity index is 943. The van der Waals surface area contributed by atoms with E-state index in [1.54, 1.807) is 11.3 Å². The van der Waals surface area contributed by atoms with Gasteiger partial charge in [-0.15, -0.1) is 11.3 Å². The van der Waals surface area contributed by atoms with Gasteiger partial charge in [0.2, 0.25) is 12.7 Å². The van der Waals surface area contributed by atoms with Gasteiger partial charge in [-0.3, -0.25) is 4.79 Å². The summed E-state index contributed by atoms with van der Waals surface area (Å²) < 4.78 is 11.6. The van der Waals surface area contributed by atoms with E-state index in [0.717, 1.165) is 32.7 Å². The van der Waals surface area contributed by atoms with E-state index in [9.17, 15) is 4.79 Å². The lowest BCUT2D eigenvalue weighted by Gasteiger charge is -2.11. The second-order valence-electron chi connectivity index (χ2n) is 6.03. The van der Waals surface area contributed by atoms with Crippen LogP contribution >= 0.6 is 23.1 Å². The van der Waals surface area contributed by atoms with Crippen molar-refractivity contribution in [1.82, 2.24) is 10.3 Å². The molecule has 3 aromatic rings. The van der Waals surface area contributed by atoms with Gasteiger partial charge >= 0.3 is 0 Å². The fourth-order valence-electron chi connectivity index (χ4n) is 2.64. The molecule has 7 heteroatoms. The summed E-state index contributed by atoms with van der Waals surface area (Å²) in [4.78, 5) is 17.1. The van der Waals surface area contributed by atoms with Gasteiger partial charge in [-0.05, 0) is 24.6 Å².